The van der Waals surface area contributed by atoms with E-state index in [1.807, 2.05) is 18.2 Å². The van der Waals surface area contributed by atoms with Gasteiger partial charge in [-0.05, 0) is 25.0 Å². The number of hydrogen-bond donors (Lipinski definition) is 1. The second kappa shape index (κ2) is 9.76. The lowest BCUT2D eigenvalue weighted by Crippen LogP contribution is -2.25. The topological polar surface area (TPSA) is 12.0 Å². The summed E-state index contributed by atoms with van der Waals surface area (Å²) in [6, 6.07) is 8.60. The van der Waals surface area contributed by atoms with E-state index in [-0.39, 0.29) is 12.4 Å². The summed E-state index contributed by atoms with van der Waals surface area (Å²) < 4.78 is 0. The van der Waals surface area contributed by atoms with Crippen LogP contribution >= 0.6 is 24.0 Å². The smallest absolute Gasteiger partial charge is 0.0450 e. The lowest BCUT2D eigenvalue weighted by atomic mass is 10.1. The third-order valence-electron chi connectivity index (χ3n) is 2.84. The molecule has 1 N–H and O–H groups in total. The molecule has 98 valence electrons. The molecule has 0 aromatic heterocycles. The van der Waals surface area contributed by atoms with Crippen LogP contribution in [0.2, 0.25) is 5.02 Å². The Morgan fingerprint density at radius 1 is 1.24 bits per heavy atom. The van der Waals surface area contributed by atoms with Crippen LogP contribution in [0.15, 0.2) is 24.3 Å². The molecular formula is C14H23Cl2N. The maximum absolute atomic E-state index is 6.09. The van der Waals surface area contributed by atoms with Gasteiger partial charge in [0.25, 0.3) is 0 Å². The Morgan fingerprint density at radius 2 is 1.94 bits per heavy atom. The molecule has 0 fully saturated rings. The fourth-order valence-corrected chi connectivity index (χ4v) is 1.93. The monoisotopic (exact) mass is 275 g/mol. The molecule has 3 heteroatoms. The van der Waals surface area contributed by atoms with E-state index in [1.54, 1.807) is 0 Å². The highest BCUT2D eigenvalue weighted by Crippen LogP contribution is 2.14. The summed E-state index contributed by atoms with van der Waals surface area (Å²) in [5.74, 6) is 0. The SMILES string of the molecule is CCCCCC(C)NCc1ccccc1Cl.Cl. The van der Waals surface area contributed by atoms with Gasteiger partial charge in [0, 0.05) is 17.6 Å². The first kappa shape index (κ1) is 16.8. The molecule has 17 heavy (non-hydrogen) atoms. The minimum absolute atomic E-state index is 0. The van der Waals surface area contributed by atoms with Gasteiger partial charge in [0.15, 0.2) is 0 Å². The fourth-order valence-electron chi connectivity index (χ4n) is 1.73. The van der Waals surface area contributed by atoms with Crippen LogP contribution in [0.3, 0.4) is 0 Å². The van der Waals surface area contributed by atoms with Crippen molar-refractivity contribution in [3.63, 3.8) is 0 Å². The first-order valence-corrected chi connectivity index (χ1v) is 6.58. The third kappa shape index (κ3) is 6.92. The van der Waals surface area contributed by atoms with E-state index < -0.39 is 0 Å². The van der Waals surface area contributed by atoms with E-state index in [0.717, 1.165) is 11.6 Å². The van der Waals surface area contributed by atoms with E-state index in [0.29, 0.717) is 6.04 Å². The average Bonchev–Trinajstić information content (AvgIpc) is 2.28. The number of hydrogen-bond acceptors (Lipinski definition) is 1. The van der Waals surface area contributed by atoms with Crippen LogP contribution in [0.25, 0.3) is 0 Å². The molecular weight excluding hydrogens is 253 g/mol. The van der Waals surface area contributed by atoms with E-state index in [1.165, 1.54) is 31.2 Å². The molecule has 0 spiro atoms. The van der Waals surface area contributed by atoms with Crippen molar-refractivity contribution in [1.82, 2.24) is 5.32 Å². The molecule has 0 aliphatic rings. The predicted octanol–water partition coefficient (Wildman–Crippen LogP) is 4.82. The quantitative estimate of drug-likeness (QED) is 0.704. The highest BCUT2D eigenvalue weighted by atomic mass is 35.5. The molecule has 0 saturated carbocycles. The minimum atomic E-state index is 0. The van der Waals surface area contributed by atoms with Gasteiger partial charge in [0.1, 0.15) is 0 Å². The van der Waals surface area contributed by atoms with Crippen molar-refractivity contribution in [2.75, 3.05) is 0 Å². The number of benzene rings is 1. The van der Waals surface area contributed by atoms with Crippen LogP contribution in [0.4, 0.5) is 0 Å². The molecule has 0 bridgehead atoms. The largest absolute Gasteiger partial charge is 0.310 e. The van der Waals surface area contributed by atoms with E-state index in [2.05, 4.69) is 25.2 Å². The molecule has 0 heterocycles. The number of nitrogens with one attached hydrogen (secondary N) is 1. The zero-order valence-corrected chi connectivity index (χ0v) is 12.3. The van der Waals surface area contributed by atoms with Crippen LogP contribution in [0.5, 0.6) is 0 Å². The summed E-state index contributed by atoms with van der Waals surface area (Å²) in [5, 5.41) is 4.37. The van der Waals surface area contributed by atoms with Gasteiger partial charge >= 0.3 is 0 Å². The van der Waals surface area contributed by atoms with Crippen molar-refractivity contribution in [2.24, 2.45) is 0 Å². The molecule has 0 amide bonds. The normalized spacial score (nSPS) is 11.9. The van der Waals surface area contributed by atoms with Gasteiger partial charge in [-0.3, -0.25) is 0 Å². The van der Waals surface area contributed by atoms with Crippen LogP contribution in [-0.2, 0) is 6.54 Å². The second-order valence-corrected chi connectivity index (χ2v) is 4.78. The van der Waals surface area contributed by atoms with Gasteiger partial charge in [-0.15, -0.1) is 12.4 Å². The first-order valence-electron chi connectivity index (χ1n) is 6.20. The van der Waals surface area contributed by atoms with Gasteiger partial charge < -0.3 is 5.32 Å². The molecule has 0 aliphatic heterocycles. The Labute approximate surface area is 116 Å². The Kier molecular flexibility index (Phi) is 9.62. The average molecular weight is 276 g/mol. The summed E-state index contributed by atoms with van der Waals surface area (Å²) in [7, 11) is 0. The van der Waals surface area contributed by atoms with Crippen molar-refractivity contribution in [1.29, 1.82) is 0 Å². The van der Waals surface area contributed by atoms with Crippen molar-refractivity contribution in [2.45, 2.75) is 52.1 Å². The fraction of sp³-hybridized carbons (Fsp3) is 0.571. The number of unbranched alkanes of at least 4 members (excludes halogenated alkanes) is 2. The zero-order valence-electron chi connectivity index (χ0n) is 10.7. The van der Waals surface area contributed by atoms with Crippen molar-refractivity contribution >= 4 is 24.0 Å². The van der Waals surface area contributed by atoms with E-state index >= 15 is 0 Å². The highest BCUT2D eigenvalue weighted by Gasteiger charge is 2.03. The van der Waals surface area contributed by atoms with Gasteiger partial charge in [-0.1, -0.05) is 56.0 Å². The number of rotatable bonds is 7. The molecule has 1 unspecified atom stereocenters. The van der Waals surface area contributed by atoms with Crippen molar-refractivity contribution in [3.05, 3.63) is 34.9 Å². The lowest BCUT2D eigenvalue weighted by Gasteiger charge is -2.14. The Balaban J connectivity index is 0.00000256. The lowest BCUT2D eigenvalue weighted by molar-refractivity contribution is 0.487. The standard InChI is InChI=1S/C14H22ClN.ClH/c1-3-4-5-8-12(2)16-11-13-9-6-7-10-14(13)15;/h6-7,9-10,12,16H,3-5,8,11H2,1-2H3;1H. The van der Waals surface area contributed by atoms with Crippen molar-refractivity contribution < 1.29 is 0 Å². The minimum Gasteiger partial charge on any atom is -0.310 e. The van der Waals surface area contributed by atoms with Gasteiger partial charge in [-0.25, -0.2) is 0 Å². The predicted molar refractivity (Wildman–Crippen MR) is 79.1 cm³/mol. The van der Waals surface area contributed by atoms with Crippen LogP contribution < -0.4 is 5.32 Å². The van der Waals surface area contributed by atoms with Gasteiger partial charge in [0.05, 0.1) is 0 Å². The molecule has 0 saturated heterocycles. The van der Waals surface area contributed by atoms with Crippen LogP contribution in [0.1, 0.15) is 45.1 Å². The maximum Gasteiger partial charge on any atom is 0.0450 e. The second-order valence-electron chi connectivity index (χ2n) is 4.37. The zero-order chi connectivity index (χ0) is 11.8. The van der Waals surface area contributed by atoms with Crippen molar-refractivity contribution in [3.8, 4) is 0 Å². The third-order valence-corrected chi connectivity index (χ3v) is 3.21. The maximum atomic E-state index is 6.09. The Bertz CT molecular complexity index is 302. The number of halogens is 2. The molecule has 0 aliphatic carbocycles. The summed E-state index contributed by atoms with van der Waals surface area (Å²) >= 11 is 6.09. The first-order chi connectivity index (χ1) is 7.74. The summed E-state index contributed by atoms with van der Waals surface area (Å²) in [6.45, 7) is 5.35. The summed E-state index contributed by atoms with van der Waals surface area (Å²) in [6.07, 6.45) is 5.18. The van der Waals surface area contributed by atoms with E-state index in [4.69, 9.17) is 11.6 Å². The molecule has 1 aromatic carbocycles. The Morgan fingerprint density at radius 3 is 2.59 bits per heavy atom. The molecule has 0 radical (unpaired) electrons. The molecule has 1 atom stereocenters. The molecule has 1 aromatic rings. The Hall–Kier alpha value is -0.240. The highest BCUT2D eigenvalue weighted by molar-refractivity contribution is 6.31. The van der Waals surface area contributed by atoms with Gasteiger partial charge in [0.2, 0.25) is 0 Å². The van der Waals surface area contributed by atoms with E-state index in [9.17, 15) is 0 Å². The van der Waals surface area contributed by atoms with Crippen LogP contribution in [-0.4, -0.2) is 6.04 Å². The molecule has 1 rings (SSSR count). The van der Waals surface area contributed by atoms with Gasteiger partial charge in [-0.2, -0.15) is 0 Å². The molecule has 1 nitrogen and oxygen atoms in total. The van der Waals surface area contributed by atoms with Crippen LogP contribution in [0, 0.1) is 0 Å². The summed E-state index contributed by atoms with van der Waals surface area (Å²) in [4.78, 5) is 0. The summed E-state index contributed by atoms with van der Waals surface area (Å²) in [5.41, 5.74) is 1.19.